The fraction of sp³-hybridized carbons (Fsp3) is 0.111. The van der Waals surface area contributed by atoms with E-state index in [4.69, 9.17) is 11.6 Å². The van der Waals surface area contributed by atoms with Gasteiger partial charge in [-0.3, -0.25) is 14.6 Å². The van der Waals surface area contributed by atoms with Gasteiger partial charge in [0.1, 0.15) is 0 Å². The van der Waals surface area contributed by atoms with Crippen molar-refractivity contribution in [3.05, 3.63) is 53.1 Å². The van der Waals surface area contributed by atoms with E-state index in [9.17, 15) is 9.59 Å². The number of amides is 2. The number of pyridine rings is 1. The zero-order chi connectivity index (χ0) is 18.8. The molecule has 9 heteroatoms. The predicted molar refractivity (Wildman–Crippen MR) is 108 cm³/mol. The summed E-state index contributed by atoms with van der Waals surface area (Å²) >= 11 is 8.64. The molecule has 0 spiro atoms. The third-order valence-corrected chi connectivity index (χ3v) is 6.11. The number of carbonyl (C=O) groups is 2. The summed E-state index contributed by atoms with van der Waals surface area (Å²) in [5.74, 6) is -0.466. The van der Waals surface area contributed by atoms with Crippen LogP contribution in [0.2, 0.25) is 5.02 Å². The molecule has 0 fully saturated rings. The Hall–Kier alpha value is -2.42. The predicted octanol–water partition coefficient (Wildman–Crippen LogP) is 4.30. The highest BCUT2D eigenvalue weighted by molar-refractivity contribution is 8.01. The smallest absolute Gasteiger partial charge is 0.238 e. The molecule has 1 aromatic carbocycles. The summed E-state index contributed by atoms with van der Waals surface area (Å²) in [4.78, 5) is 34.0. The first-order valence-corrected chi connectivity index (χ1v) is 10.1. The fourth-order valence-electron chi connectivity index (χ4n) is 2.57. The standard InChI is InChI=1S/C18H13ClN4O2S2/c19-11-3-4-14-12(6-11)21-17(25)15(27-14)7-16(24)23-18-22-13(9-26-18)10-2-1-5-20-8-10/h1-6,8-9,15H,7H2,(H,21,25)(H,22,23,24). The number of carbonyl (C=O) groups excluding carboxylic acids is 2. The van der Waals surface area contributed by atoms with Gasteiger partial charge in [-0.05, 0) is 30.3 Å². The van der Waals surface area contributed by atoms with Gasteiger partial charge in [0.25, 0.3) is 0 Å². The van der Waals surface area contributed by atoms with Crippen molar-refractivity contribution in [3.63, 3.8) is 0 Å². The lowest BCUT2D eigenvalue weighted by Gasteiger charge is -2.23. The van der Waals surface area contributed by atoms with E-state index in [1.807, 2.05) is 23.6 Å². The van der Waals surface area contributed by atoms with Crippen LogP contribution in [0.3, 0.4) is 0 Å². The molecule has 27 heavy (non-hydrogen) atoms. The SMILES string of the molecule is O=C(CC1Sc2ccc(Cl)cc2NC1=O)Nc1nc(-c2cccnc2)cs1. The number of hydrogen-bond donors (Lipinski definition) is 2. The maximum Gasteiger partial charge on any atom is 0.238 e. The van der Waals surface area contributed by atoms with Crippen LogP contribution < -0.4 is 10.6 Å². The molecule has 0 radical (unpaired) electrons. The van der Waals surface area contributed by atoms with E-state index in [2.05, 4.69) is 20.6 Å². The lowest BCUT2D eigenvalue weighted by molar-refractivity contribution is -0.120. The molecular formula is C18H13ClN4O2S2. The van der Waals surface area contributed by atoms with Gasteiger partial charge in [-0.25, -0.2) is 4.98 Å². The molecule has 2 aromatic heterocycles. The molecule has 0 aliphatic carbocycles. The lowest BCUT2D eigenvalue weighted by atomic mass is 10.2. The number of fused-ring (bicyclic) bond motifs is 1. The van der Waals surface area contributed by atoms with Crippen molar-refractivity contribution in [1.29, 1.82) is 0 Å². The zero-order valence-electron chi connectivity index (χ0n) is 13.8. The van der Waals surface area contributed by atoms with Gasteiger partial charge in [-0.2, -0.15) is 0 Å². The van der Waals surface area contributed by atoms with Crippen LogP contribution in [0.15, 0.2) is 53.0 Å². The Kier molecular flexibility index (Phi) is 5.11. The minimum absolute atomic E-state index is 0.0559. The molecule has 2 amide bonds. The quantitative estimate of drug-likeness (QED) is 0.662. The molecular weight excluding hydrogens is 404 g/mol. The number of anilines is 2. The number of nitrogens with zero attached hydrogens (tertiary/aromatic N) is 2. The molecule has 6 nitrogen and oxygen atoms in total. The highest BCUT2D eigenvalue weighted by Crippen LogP contribution is 2.38. The molecule has 0 bridgehead atoms. The number of aromatic nitrogens is 2. The fourth-order valence-corrected chi connectivity index (χ4v) is 4.57. The molecule has 0 saturated carbocycles. The van der Waals surface area contributed by atoms with Gasteiger partial charge in [0.2, 0.25) is 11.8 Å². The van der Waals surface area contributed by atoms with Gasteiger partial charge < -0.3 is 10.6 Å². The molecule has 136 valence electrons. The molecule has 1 aliphatic heterocycles. The van der Waals surface area contributed by atoms with E-state index in [0.29, 0.717) is 15.8 Å². The third-order valence-electron chi connectivity index (χ3n) is 3.84. The Morgan fingerprint density at radius 1 is 1.33 bits per heavy atom. The Balaban J connectivity index is 1.40. The number of rotatable bonds is 4. The number of benzene rings is 1. The second-order valence-electron chi connectivity index (χ2n) is 5.77. The minimum atomic E-state index is -0.503. The first-order valence-electron chi connectivity index (χ1n) is 8.01. The van der Waals surface area contributed by atoms with Crippen LogP contribution in [-0.2, 0) is 9.59 Å². The Morgan fingerprint density at radius 2 is 2.22 bits per heavy atom. The molecule has 0 saturated heterocycles. The maximum atomic E-state index is 12.4. The molecule has 1 aliphatic rings. The van der Waals surface area contributed by atoms with Crippen molar-refractivity contribution in [3.8, 4) is 11.3 Å². The average molecular weight is 417 g/mol. The van der Waals surface area contributed by atoms with Crippen LogP contribution in [-0.4, -0.2) is 27.0 Å². The summed E-state index contributed by atoms with van der Waals surface area (Å²) in [6, 6.07) is 9.04. The first kappa shape index (κ1) is 18.0. The van der Waals surface area contributed by atoms with Gasteiger partial charge in [0.05, 0.1) is 16.6 Å². The highest BCUT2D eigenvalue weighted by atomic mass is 35.5. The summed E-state index contributed by atoms with van der Waals surface area (Å²) < 4.78 is 0. The van der Waals surface area contributed by atoms with Crippen LogP contribution >= 0.6 is 34.7 Å². The number of nitrogens with one attached hydrogen (secondary N) is 2. The van der Waals surface area contributed by atoms with E-state index in [1.54, 1.807) is 24.5 Å². The first-order chi connectivity index (χ1) is 13.1. The highest BCUT2D eigenvalue weighted by Gasteiger charge is 2.29. The van der Waals surface area contributed by atoms with Crippen molar-refractivity contribution >= 4 is 57.3 Å². The van der Waals surface area contributed by atoms with Gasteiger partial charge in [0, 0.05) is 39.7 Å². The van der Waals surface area contributed by atoms with E-state index in [0.717, 1.165) is 16.2 Å². The Morgan fingerprint density at radius 3 is 3.04 bits per heavy atom. The van der Waals surface area contributed by atoms with Crippen molar-refractivity contribution < 1.29 is 9.59 Å². The molecule has 3 aromatic rings. The Labute approximate surface area is 168 Å². The molecule has 4 rings (SSSR count). The van der Waals surface area contributed by atoms with Crippen LogP contribution in [0.25, 0.3) is 11.3 Å². The van der Waals surface area contributed by atoms with Crippen molar-refractivity contribution in [2.45, 2.75) is 16.6 Å². The van der Waals surface area contributed by atoms with E-state index >= 15 is 0 Å². The topological polar surface area (TPSA) is 84.0 Å². The zero-order valence-corrected chi connectivity index (χ0v) is 16.2. The number of thiazole rings is 1. The van der Waals surface area contributed by atoms with Crippen LogP contribution in [0.5, 0.6) is 0 Å². The van der Waals surface area contributed by atoms with Gasteiger partial charge >= 0.3 is 0 Å². The second kappa shape index (κ2) is 7.67. The van der Waals surface area contributed by atoms with Crippen LogP contribution in [0.1, 0.15) is 6.42 Å². The van der Waals surface area contributed by atoms with Crippen LogP contribution in [0, 0.1) is 0 Å². The van der Waals surface area contributed by atoms with E-state index in [1.165, 1.54) is 23.1 Å². The third kappa shape index (κ3) is 4.13. The Bertz CT molecular complexity index is 1010. The number of halogens is 1. The molecule has 3 heterocycles. The van der Waals surface area contributed by atoms with Gasteiger partial charge in [-0.1, -0.05) is 11.6 Å². The maximum absolute atomic E-state index is 12.4. The average Bonchev–Trinajstić information content (AvgIpc) is 3.11. The molecule has 1 atom stereocenters. The van der Waals surface area contributed by atoms with Gasteiger partial charge in [-0.15, -0.1) is 23.1 Å². The minimum Gasteiger partial charge on any atom is -0.324 e. The summed E-state index contributed by atoms with van der Waals surface area (Å²) in [6.07, 6.45) is 3.46. The van der Waals surface area contributed by atoms with Crippen LogP contribution in [0.4, 0.5) is 10.8 Å². The van der Waals surface area contributed by atoms with Crippen molar-refractivity contribution in [1.82, 2.24) is 9.97 Å². The molecule has 1 unspecified atom stereocenters. The summed E-state index contributed by atoms with van der Waals surface area (Å²) in [7, 11) is 0. The van der Waals surface area contributed by atoms with Crippen molar-refractivity contribution in [2.24, 2.45) is 0 Å². The van der Waals surface area contributed by atoms with E-state index < -0.39 is 5.25 Å². The van der Waals surface area contributed by atoms with E-state index in [-0.39, 0.29) is 18.2 Å². The second-order valence-corrected chi connectivity index (χ2v) is 8.31. The lowest BCUT2D eigenvalue weighted by Crippen LogP contribution is -2.32. The summed E-state index contributed by atoms with van der Waals surface area (Å²) in [6.45, 7) is 0. The number of hydrogen-bond acceptors (Lipinski definition) is 6. The summed E-state index contributed by atoms with van der Waals surface area (Å²) in [5.41, 5.74) is 2.31. The monoisotopic (exact) mass is 416 g/mol. The molecule has 2 N–H and O–H groups in total. The largest absolute Gasteiger partial charge is 0.324 e. The summed E-state index contributed by atoms with van der Waals surface area (Å²) in [5, 5.41) is 7.97. The van der Waals surface area contributed by atoms with Gasteiger partial charge in [0.15, 0.2) is 5.13 Å². The van der Waals surface area contributed by atoms with Crippen molar-refractivity contribution in [2.75, 3.05) is 10.6 Å². The number of thioether (sulfide) groups is 1. The normalized spacial score (nSPS) is 15.7.